The minimum absolute atomic E-state index is 0.436. The third kappa shape index (κ3) is 4.17. The van der Waals surface area contributed by atoms with Crippen molar-refractivity contribution in [3.05, 3.63) is 46.8 Å². The highest BCUT2D eigenvalue weighted by molar-refractivity contribution is 6.08. The first-order chi connectivity index (χ1) is 12.6. The van der Waals surface area contributed by atoms with Gasteiger partial charge < -0.3 is 25.7 Å². The molecule has 1 aromatic carbocycles. The van der Waals surface area contributed by atoms with E-state index in [1.807, 2.05) is 13.2 Å². The van der Waals surface area contributed by atoms with Crippen molar-refractivity contribution in [3.8, 4) is 0 Å². The van der Waals surface area contributed by atoms with Gasteiger partial charge in [-0.3, -0.25) is 0 Å². The van der Waals surface area contributed by atoms with Gasteiger partial charge in [-0.15, -0.1) is 0 Å². The maximum atomic E-state index is 7.63. The molecule has 2 aliphatic rings. The van der Waals surface area contributed by atoms with Crippen molar-refractivity contribution >= 4 is 17.4 Å². The van der Waals surface area contributed by atoms with E-state index in [0.717, 1.165) is 50.3 Å². The number of nitrogens with one attached hydrogen (secondary N) is 3. The Labute approximate surface area is 156 Å². The minimum Gasteiger partial charge on any atom is -0.393 e. The molecule has 0 saturated carbocycles. The Morgan fingerprint density at radius 2 is 2.23 bits per heavy atom. The Balaban J connectivity index is 1.94. The third-order valence-electron chi connectivity index (χ3n) is 5.18. The molecule has 0 spiro atoms. The van der Waals surface area contributed by atoms with Crippen LogP contribution < -0.4 is 10.6 Å². The number of nitrogens with zero attached hydrogens (tertiary/aromatic N) is 1. The van der Waals surface area contributed by atoms with Crippen LogP contribution in [0.2, 0.25) is 0 Å². The van der Waals surface area contributed by atoms with E-state index in [0.29, 0.717) is 6.04 Å². The van der Waals surface area contributed by atoms with E-state index < -0.39 is 0 Å². The molecule has 3 N–H and O–H groups in total. The minimum atomic E-state index is 0.436. The smallest absolute Gasteiger partial charge is 0.0668 e. The summed E-state index contributed by atoms with van der Waals surface area (Å²) in [4.78, 5) is 2.38. The Morgan fingerprint density at radius 3 is 2.88 bits per heavy atom. The van der Waals surface area contributed by atoms with E-state index >= 15 is 0 Å². The van der Waals surface area contributed by atoms with Crippen molar-refractivity contribution in [1.29, 1.82) is 5.41 Å². The Bertz CT molecular complexity index is 717. The molecular formula is C21H30N4O. The summed E-state index contributed by atoms with van der Waals surface area (Å²) in [7, 11) is 4.04. The van der Waals surface area contributed by atoms with Crippen molar-refractivity contribution in [2.75, 3.05) is 40.4 Å². The lowest BCUT2D eigenvalue weighted by Gasteiger charge is -2.31. The number of rotatable bonds is 6. The van der Waals surface area contributed by atoms with E-state index in [1.54, 1.807) is 0 Å². The van der Waals surface area contributed by atoms with Gasteiger partial charge >= 0.3 is 0 Å². The molecule has 3 rings (SSSR count). The molecule has 5 heteroatoms. The Hall–Kier alpha value is -2.11. The van der Waals surface area contributed by atoms with Crippen LogP contribution in [0.4, 0.5) is 0 Å². The van der Waals surface area contributed by atoms with Gasteiger partial charge in [0.15, 0.2) is 0 Å². The number of hydrogen-bond acceptors (Lipinski definition) is 5. The molecule has 1 fully saturated rings. The van der Waals surface area contributed by atoms with Crippen LogP contribution in [0.1, 0.15) is 29.5 Å². The van der Waals surface area contributed by atoms with Crippen LogP contribution in [0.25, 0.3) is 11.1 Å². The molecular weight excluding hydrogens is 324 g/mol. The molecule has 1 aromatic rings. The average Bonchev–Trinajstić information content (AvgIpc) is 3.14. The average molecular weight is 354 g/mol. The number of likely N-dealkylation sites (N-methyl/N-ethyl adjacent to an activating group) is 1. The zero-order chi connectivity index (χ0) is 18.5. The van der Waals surface area contributed by atoms with Crippen LogP contribution in [0.3, 0.4) is 0 Å². The van der Waals surface area contributed by atoms with Gasteiger partial charge in [-0.1, -0.05) is 18.2 Å². The fraction of sp³-hybridized carbons (Fsp3) is 0.476. The topological polar surface area (TPSA) is 60.4 Å². The van der Waals surface area contributed by atoms with Crippen LogP contribution in [-0.4, -0.2) is 57.6 Å². The molecule has 1 saturated heterocycles. The fourth-order valence-electron chi connectivity index (χ4n) is 3.75. The van der Waals surface area contributed by atoms with E-state index in [2.05, 4.69) is 47.7 Å². The zero-order valence-electron chi connectivity index (χ0n) is 16.1. The summed E-state index contributed by atoms with van der Waals surface area (Å²) < 4.78 is 5.53. The predicted octanol–water partition coefficient (Wildman–Crippen LogP) is 2.63. The highest BCUT2D eigenvalue weighted by Crippen LogP contribution is 2.29. The molecule has 2 aliphatic heterocycles. The molecule has 1 unspecified atom stereocenters. The summed E-state index contributed by atoms with van der Waals surface area (Å²) in [5.74, 6) is 0. The Morgan fingerprint density at radius 1 is 1.38 bits per heavy atom. The number of aryl methyl sites for hydroxylation is 1. The summed E-state index contributed by atoms with van der Waals surface area (Å²) >= 11 is 0. The number of ether oxygens (including phenoxy) is 1. The number of hydrogen-bond donors (Lipinski definition) is 3. The predicted molar refractivity (Wildman–Crippen MR) is 108 cm³/mol. The van der Waals surface area contributed by atoms with Gasteiger partial charge in [-0.05, 0) is 42.7 Å². The second kappa shape index (κ2) is 8.52. The molecule has 0 bridgehead atoms. The second-order valence-electron chi connectivity index (χ2n) is 7.21. The molecule has 0 amide bonds. The summed E-state index contributed by atoms with van der Waals surface area (Å²) in [5, 5.41) is 14.4. The summed E-state index contributed by atoms with van der Waals surface area (Å²) in [6.45, 7) is 5.87. The molecule has 0 aromatic heterocycles. The van der Waals surface area contributed by atoms with Gasteiger partial charge in [0.05, 0.1) is 12.6 Å². The van der Waals surface area contributed by atoms with E-state index in [1.165, 1.54) is 28.6 Å². The maximum Gasteiger partial charge on any atom is 0.0668 e. The first-order valence-electron chi connectivity index (χ1n) is 9.36. The SMILES string of the molecule is CN/C=C(\C=N)c1ccc(C2=C(NC3CCOC3)CCN(C)C2)c(C)c1. The lowest BCUT2D eigenvalue weighted by atomic mass is 9.92. The van der Waals surface area contributed by atoms with Gasteiger partial charge in [0.1, 0.15) is 0 Å². The van der Waals surface area contributed by atoms with Gasteiger partial charge in [-0.2, -0.15) is 0 Å². The third-order valence-corrected chi connectivity index (χ3v) is 5.18. The van der Waals surface area contributed by atoms with Gasteiger partial charge in [-0.25, -0.2) is 0 Å². The molecule has 2 heterocycles. The van der Waals surface area contributed by atoms with Crippen LogP contribution in [0.5, 0.6) is 0 Å². The Kier molecular flexibility index (Phi) is 6.12. The van der Waals surface area contributed by atoms with Crippen molar-refractivity contribution in [1.82, 2.24) is 15.5 Å². The van der Waals surface area contributed by atoms with Gasteiger partial charge in [0, 0.05) is 56.8 Å². The molecule has 0 aliphatic carbocycles. The van der Waals surface area contributed by atoms with Crippen LogP contribution in [0, 0.1) is 12.3 Å². The number of benzene rings is 1. The van der Waals surface area contributed by atoms with E-state index in [4.69, 9.17) is 10.1 Å². The zero-order valence-corrected chi connectivity index (χ0v) is 16.1. The first kappa shape index (κ1) is 18.7. The summed E-state index contributed by atoms with van der Waals surface area (Å²) in [5.41, 5.74) is 7.27. The quantitative estimate of drug-likeness (QED) is 0.688. The lowest BCUT2D eigenvalue weighted by Crippen LogP contribution is -2.36. The normalized spacial score (nSPS) is 21.8. The van der Waals surface area contributed by atoms with Crippen LogP contribution in [0.15, 0.2) is 30.1 Å². The first-order valence-corrected chi connectivity index (χ1v) is 9.36. The highest BCUT2D eigenvalue weighted by atomic mass is 16.5. The standard InChI is InChI=1S/C21H30N4O/c1-15-10-16(17(11-22)12-23-2)4-5-19(15)20-13-25(3)8-6-21(20)24-18-7-9-26-14-18/h4-5,10-12,18,22-24H,6-9,13-14H2,1-3H3/b17-12+,22-11?. The van der Waals surface area contributed by atoms with Crippen LogP contribution >= 0.6 is 0 Å². The van der Waals surface area contributed by atoms with Crippen molar-refractivity contribution < 1.29 is 4.74 Å². The van der Waals surface area contributed by atoms with E-state index in [9.17, 15) is 0 Å². The van der Waals surface area contributed by atoms with Crippen molar-refractivity contribution in [3.63, 3.8) is 0 Å². The van der Waals surface area contributed by atoms with Gasteiger partial charge in [0.25, 0.3) is 0 Å². The van der Waals surface area contributed by atoms with E-state index in [-0.39, 0.29) is 0 Å². The van der Waals surface area contributed by atoms with Crippen LogP contribution in [-0.2, 0) is 4.74 Å². The van der Waals surface area contributed by atoms with Crippen molar-refractivity contribution in [2.45, 2.75) is 25.8 Å². The molecule has 0 radical (unpaired) electrons. The monoisotopic (exact) mass is 354 g/mol. The summed E-state index contributed by atoms with van der Waals surface area (Å²) in [6, 6.07) is 6.94. The maximum absolute atomic E-state index is 7.63. The van der Waals surface area contributed by atoms with Crippen molar-refractivity contribution in [2.24, 2.45) is 0 Å². The number of allylic oxidation sites excluding steroid dienone is 1. The molecule has 26 heavy (non-hydrogen) atoms. The van der Waals surface area contributed by atoms with Gasteiger partial charge in [0.2, 0.25) is 0 Å². The molecule has 5 nitrogen and oxygen atoms in total. The fourth-order valence-corrected chi connectivity index (χ4v) is 3.75. The largest absolute Gasteiger partial charge is 0.393 e. The molecule has 1 atom stereocenters. The highest BCUT2D eigenvalue weighted by Gasteiger charge is 2.23. The lowest BCUT2D eigenvalue weighted by molar-refractivity contribution is 0.191. The second-order valence-corrected chi connectivity index (χ2v) is 7.21. The summed E-state index contributed by atoms with van der Waals surface area (Å²) in [6.07, 6.45) is 5.39. The molecule has 140 valence electrons.